The van der Waals surface area contributed by atoms with Crippen molar-refractivity contribution in [2.45, 2.75) is 6.92 Å². The molecule has 5 heteroatoms. The number of hydrogen-bond donors (Lipinski definition) is 0. The third-order valence-corrected chi connectivity index (χ3v) is 18.7. The second kappa shape index (κ2) is 5.93. The summed E-state index contributed by atoms with van der Waals surface area (Å²) in [5.41, 5.74) is 0. The van der Waals surface area contributed by atoms with Gasteiger partial charge in [-0.25, -0.2) is 0 Å². The van der Waals surface area contributed by atoms with Gasteiger partial charge in [0.2, 0.25) is 0 Å². The molecule has 3 aromatic rings. The summed E-state index contributed by atoms with van der Waals surface area (Å²) in [4.78, 5) is 0. The zero-order valence-corrected chi connectivity index (χ0v) is 15.1. The summed E-state index contributed by atoms with van der Waals surface area (Å²) < 4.78 is 10.8. The van der Waals surface area contributed by atoms with Crippen LogP contribution in [0.3, 0.4) is 0 Å². The van der Waals surface area contributed by atoms with Crippen LogP contribution in [0, 0.1) is 0 Å². The van der Waals surface area contributed by atoms with E-state index in [1.807, 2.05) is 34.0 Å². The summed E-state index contributed by atoms with van der Waals surface area (Å²) in [6.45, 7) is 2.88. The molecule has 0 amide bonds. The molecule has 0 bridgehead atoms. The molecule has 0 N–H and O–H groups in total. The van der Waals surface area contributed by atoms with Crippen LogP contribution in [-0.4, -0.2) is 20.2 Å². The summed E-state index contributed by atoms with van der Waals surface area (Å²) in [6, 6.07) is 13.2. The van der Waals surface area contributed by atoms with E-state index in [9.17, 15) is 0 Å². The van der Waals surface area contributed by atoms with Gasteiger partial charge in [0.1, 0.15) is 0 Å². The molecule has 0 fully saturated rings. The molecular formula is C14H14GeOS3. The summed E-state index contributed by atoms with van der Waals surface area (Å²) in [6.07, 6.45) is 0. The summed E-state index contributed by atoms with van der Waals surface area (Å²) in [5, 5.41) is 6.49. The Kier molecular flexibility index (Phi) is 4.24. The van der Waals surface area contributed by atoms with Crippen molar-refractivity contribution in [1.29, 1.82) is 0 Å². The van der Waals surface area contributed by atoms with Crippen molar-refractivity contribution in [1.82, 2.24) is 0 Å². The molecule has 0 spiro atoms. The average molecular weight is 367 g/mol. The average Bonchev–Trinajstić information content (AvgIpc) is 3.18. The van der Waals surface area contributed by atoms with Crippen molar-refractivity contribution in [3.05, 3.63) is 52.5 Å². The van der Waals surface area contributed by atoms with Crippen LogP contribution in [0.25, 0.3) is 0 Å². The number of hydrogen-bond acceptors (Lipinski definition) is 4. The molecule has 0 radical (unpaired) electrons. The van der Waals surface area contributed by atoms with E-state index in [0.717, 1.165) is 6.61 Å². The van der Waals surface area contributed by atoms with Gasteiger partial charge >= 0.3 is 129 Å². The minimum atomic E-state index is -2.84. The fraction of sp³-hybridized carbons (Fsp3) is 0.143. The molecule has 0 atom stereocenters. The van der Waals surface area contributed by atoms with Crippen LogP contribution in [0.5, 0.6) is 0 Å². The Bertz CT molecular complexity index is 515. The molecule has 0 aliphatic carbocycles. The van der Waals surface area contributed by atoms with Gasteiger partial charge in [0, 0.05) is 0 Å². The topological polar surface area (TPSA) is 9.23 Å². The van der Waals surface area contributed by atoms with Crippen LogP contribution in [0.1, 0.15) is 6.92 Å². The molecular weight excluding hydrogens is 353 g/mol. The van der Waals surface area contributed by atoms with Crippen LogP contribution in [0.2, 0.25) is 0 Å². The van der Waals surface area contributed by atoms with Crippen LogP contribution < -0.4 is 11.1 Å². The Labute approximate surface area is 128 Å². The van der Waals surface area contributed by atoms with Crippen LogP contribution in [0.4, 0.5) is 0 Å². The van der Waals surface area contributed by atoms with Gasteiger partial charge in [0.15, 0.2) is 0 Å². The van der Waals surface area contributed by atoms with Crippen molar-refractivity contribution in [3.63, 3.8) is 0 Å². The van der Waals surface area contributed by atoms with Crippen molar-refractivity contribution < 1.29 is 3.76 Å². The fourth-order valence-electron chi connectivity index (χ4n) is 2.23. The molecule has 0 saturated carbocycles. The maximum atomic E-state index is 6.48. The third kappa shape index (κ3) is 2.36. The van der Waals surface area contributed by atoms with Crippen molar-refractivity contribution in [3.8, 4) is 0 Å². The van der Waals surface area contributed by atoms with Gasteiger partial charge in [-0.05, 0) is 0 Å². The molecule has 0 aliphatic heterocycles. The van der Waals surface area contributed by atoms with Gasteiger partial charge in [0.25, 0.3) is 0 Å². The second-order valence-electron chi connectivity index (χ2n) is 4.05. The van der Waals surface area contributed by atoms with E-state index >= 15 is 0 Å². The summed E-state index contributed by atoms with van der Waals surface area (Å²) in [7, 11) is 0. The van der Waals surface area contributed by atoms with Gasteiger partial charge in [0.05, 0.1) is 0 Å². The first kappa shape index (κ1) is 13.6. The Morgan fingerprint density at radius 2 is 1.26 bits per heavy atom. The van der Waals surface area contributed by atoms with E-state index in [4.69, 9.17) is 3.76 Å². The molecule has 19 heavy (non-hydrogen) atoms. The Morgan fingerprint density at radius 3 is 1.53 bits per heavy atom. The third-order valence-electron chi connectivity index (χ3n) is 2.97. The van der Waals surface area contributed by atoms with E-state index in [1.165, 1.54) is 11.1 Å². The monoisotopic (exact) mass is 368 g/mol. The molecule has 0 aliphatic rings. The van der Waals surface area contributed by atoms with E-state index < -0.39 is 13.6 Å². The maximum absolute atomic E-state index is 6.48. The van der Waals surface area contributed by atoms with E-state index in [1.54, 1.807) is 0 Å². The van der Waals surface area contributed by atoms with E-state index in [0.29, 0.717) is 0 Å². The minimum absolute atomic E-state index is 0.772. The fourth-order valence-corrected chi connectivity index (χ4v) is 19.3. The standard InChI is InChI=1S/C14H14GeOS3/c1-2-16-15(12-6-3-9-17-12,13-7-4-10-18-13)14-8-5-11-19-14/h3-11H,2H2,1H3. The van der Waals surface area contributed by atoms with Gasteiger partial charge in [-0.3, -0.25) is 0 Å². The van der Waals surface area contributed by atoms with Crippen LogP contribution in [0.15, 0.2) is 52.5 Å². The van der Waals surface area contributed by atoms with Crippen LogP contribution >= 0.6 is 34.0 Å². The SMILES string of the molecule is CC[O][Ge]([c]1cccs1)([c]1cccs1)[c]1cccs1. The molecule has 0 aromatic carbocycles. The van der Waals surface area contributed by atoms with Crippen molar-refractivity contribution in [2.75, 3.05) is 6.61 Å². The first-order chi connectivity index (χ1) is 9.38. The first-order valence-corrected chi connectivity index (χ1v) is 12.8. The quantitative estimate of drug-likeness (QED) is 0.631. The first-order valence-electron chi connectivity index (χ1n) is 6.14. The van der Waals surface area contributed by atoms with E-state index in [2.05, 4.69) is 59.5 Å². The number of thiophene rings is 3. The number of rotatable bonds is 5. The van der Waals surface area contributed by atoms with Crippen molar-refractivity contribution >= 4 is 58.7 Å². The second-order valence-corrected chi connectivity index (χ2v) is 16.0. The molecule has 3 rings (SSSR count). The molecule has 3 aromatic heterocycles. The Hall–Kier alpha value is -0.397. The summed E-state index contributed by atoms with van der Waals surface area (Å²) >= 11 is 2.68. The van der Waals surface area contributed by atoms with Crippen molar-refractivity contribution in [2.24, 2.45) is 0 Å². The molecule has 98 valence electrons. The summed E-state index contributed by atoms with van der Waals surface area (Å²) in [5.74, 6) is 0. The zero-order chi connectivity index (χ0) is 13.1. The molecule has 0 saturated heterocycles. The van der Waals surface area contributed by atoms with E-state index in [-0.39, 0.29) is 0 Å². The predicted molar refractivity (Wildman–Crippen MR) is 89.2 cm³/mol. The van der Waals surface area contributed by atoms with Crippen LogP contribution in [-0.2, 0) is 3.76 Å². The molecule has 3 heterocycles. The van der Waals surface area contributed by atoms with Gasteiger partial charge in [-0.15, -0.1) is 0 Å². The van der Waals surface area contributed by atoms with Gasteiger partial charge < -0.3 is 0 Å². The predicted octanol–water partition coefficient (Wildman–Crippen LogP) is 2.87. The Balaban J connectivity index is 2.24. The Morgan fingerprint density at radius 1 is 0.842 bits per heavy atom. The zero-order valence-electron chi connectivity index (χ0n) is 10.5. The van der Waals surface area contributed by atoms with Gasteiger partial charge in [-0.2, -0.15) is 0 Å². The molecule has 1 nitrogen and oxygen atoms in total. The molecule has 0 unspecified atom stereocenters. The normalized spacial score (nSPS) is 11.8. The van der Waals surface area contributed by atoms with Gasteiger partial charge in [-0.1, -0.05) is 0 Å².